The number of aryl methyl sites for hydroxylation is 1. The highest BCUT2D eigenvalue weighted by Crippen LogP contribution is 2.27. The number of primary amides is 1. The van der Waals surface area contributed by atoms with E-state index in [0.717, 1.165) is 16.3 Å². The van der Waals surface area contributed by atoms with Crippen LogP contribution >= 0.6 is 0 Å². The Morgan fingerprint density at radius 1 is 1.04 bits per heavy atom. The molecule has 3 aromatic rings. The van der Waals surface area contributed by atoms with E-state index >= 15 is 0 Å². The minimum atomic E-state index is -0.778. The first-order valence-corrected chi connectivity index (χ1v) is 7.94. The van der Waals surface area contributed by atoms with Crippen molar-refractivity contribution in [2.24, 2.45) is 10.8 Å². The molecule has 0 spiro atoms. The highest BCUT2D eigenvalue weighted by molar-refractivity contribution is 6.04. The highest BCUT2D eigenvalue weighted by Gasteiger charge is 2.13. The second kappa shape index (κ2) is 7.48. The predicted molar refractivity (Wildman–Crippen MR) is 100 cm³/mol. The summed E-state index contributed by atoms with van der Waals surface area (Å²) in [5.41, 5.74) is 9.24. The number of nitrogens with two attached hydrogens (primary N) is 1. The van der Waals surface area contributed by atoms with E-state index in [0.29, 0.717) is 16.9 Å². The van der Waals surface area contributed by atoms with Crippen LogP contribution in [-0.4, -0.2) is 18.2 Å². The lowest BCUT2D eigenvalue weighted by Gasteiger charge is -2.10. The fourth-order valence-corrected chi connectivity index (χ4v) is 2.51. The number of hydrogen-bond donors (Lipinski definition) is 2. The van der Waals surface area contributed by atoms with E-state index in [4.69, 9.17) is 10.5 Å². The van der Waals surface area contributed by atoms with Gasteiger partial charge in [-0.3, -0.25) is 0 Å². The number of carbonyl (C=O) groups is 2. The van der Waals surface area contributed by atoms with E-state index in [1.165, 1.54) is 6.21 Å². The van der Waals surface area contributed by atoms with E-state index < -0.39 is 12.0 Å². The van der Waals surface area contributed by atoms with Crippen molar-refractivity contribution in [3.63, 3.8) is 0 Å². The van der Waals surface area contributed by atoms with Gasteiger partial charge in [0.25, 0.3) is 0 Å². The van der Waals surface area contributed by atoms with Gasteiger partial charge >= 0.3 is 12.0 Å². The van der Waals surface area contributed by atoms with Crippen LogP contribution < -0.4 is 15.9 Å². The summed E-state index contributed by atoms with van der Waals surface area (Å²) in [6.45, 7) is 1.94. The maximum Gasteiger partial charge on any atom is 0.343 e. The van der Waals surface area contributed by atoms with Crippen LogP contribution in [0.5, 0.6) is 5.75 Å². The molecular weight excluding hydrogens is 330 g/mol. The van der Waals surface area contributed by atoms with E-state index in [2.05, 4.69) is 10.5 Å². The molecule has 0 aliphatic heterocycles. The quantitative estimate of drug-likeness (QED) is 0.328. The van der Waals surface area contributed by atoms with E-state index in [-0.39, 0.29) is 0 Å². The van der Waals surface area contributed by atoms with Gasteiger partial charge in [-0.15, -0.1) is 0 Å². The van der Waals surface area contributed by atoms with E-state index in [1.54, 1.807) is 18.2 Å². The molecule has 0 atom stereocenters. The average Bonchev–Trinajstić information content (AvgIpc) is 2.63. The van der Waals surface area contributed by atoms with Gasteiger partial charge in [0.05, 0.1) is 11.8 Å². The fraction of sp³-hybridized carbons (Fsp3) is 0.0500. The Balaban J connectivity index is 1.98. The van der Waals surface area contributed by atoms with Gasteiger partial charge < -0.3 is 10.5 Å². The molecule has 0 bridgehead atoms. The lowest BCUT2D eigenvalue weighted by atomic mass is 10.0. The Kier molecular flexibility index (Phi) is 4.94. The number of nitrogens with one attached hydrogen (secondary N) is 1. The maximum absolute atomic E-state index is 12.4. The molecule has 3 N–H and O–H groups in total. The van der Waals surface area contributed by atoms with Crippen molar-refractivity contribution in [3.8, 4) is 5.75 Å². The van der Waals surface area contributed by atoms with E-state index in [9.17, 15) is 9.59 Å². The van der Waals surface area contributed by atoms with Crippen molar-refractivity contribution in [1.82, 2.24) is 5.43 Å². The second-order valence-electron chi connectivity index (χ2n) is 5.69. The number of amides is 2. The zero-order valence-corrected chi connectivity index (χ0v) is 14.1. The first-order valence-electron chi connectivity index (χ1n) is 7.94. The summed E-state index contributed by atoms with van der Waals surface area (Å²) in [6.07, 6.45) is 1.41. The molecule has 0 aliphatic carbocycles. The average molecular weight is 347 g/mol. The van der Waals surface area contributed by atoms with Crippen LogP contribution in [0.1, 0.15) is 21.5 Å². The molecule has 0 radical (unpaired) electrons. The molecule has 6 heteroatoms. The van der Waals surface area contributed by atoms with Crippen molar-refractivity contribution in [3.05, 3.63) is 77.4 Å². The van der Waals surface area contributed by atoms with Crippen molar-refractivity contribution in [2.75, 3.05) is 0 Å². The molecule has 0 unspecified atom stereocenters. The first kappa shape index (κ1) is 17.2. The van der Waals surface area contributed by atoms with Gasteiger partial charge in [0.15, 0.2) is 0 Å². The number of carbonyl (C=O) groups excluding carboxylic acids is 2. The smallest absolute Gasteiger partial charge is 0.343 e. The molecule has 3 aromatic carbocycles. The Morgan fingerprint density at radius 3 is 2.50 bits per heavy atom. The number of esters is 1. The lowest BCUT2D eigenvalue weighted by molar-refractivity contribution is 0.0734. The van der Waals surface area contributed by atoms with Gasteiger partial charge in [0.2, 0.25) is 0 Å². The number of benzene rings is 3. The fourth-order valence-electron chi connectivity index (χ4n) is 2.51. The van der Waals surface area contributed by atoms with Gasteiger partial charge in [0, 0.05) is 5.56 Å². The number of fused-ring (bicyclic) bond motifs is 1. The number of hydrogen-bond acceptors (Lipinski definition) is 4. The van der Waals surface area contributed by atoms with Crippen LogP contribution in [0.25, 0.3) is 10.8 Å². The minimum absolute atomic E-state index is 0.337. The zero-order chi connectivity index (χ0) is 18.5. The molecule has 0 saturated heterocycles. The van der Waals surface area contributed by atoms with Crippen LogP contribution in [-0.2, 0) is 0 Å². The maximum atomic E-state index is 12.4. The Hall–Kier alpha value is -3.67. The third-order valence-corrected chi connectivity index (χ3v) is 3.79. The molecule has 6 nitrogen and oxygen atoms in total. The number of nitrogens with zero attached hydrogens (tertiary/aromatic N) is 1. The standard InChI is InChI=1S/C20H17N3O3/c1-13-6-8-15(9-7-13)19(24)26-18-11-10-14-4-2-3-5-16(14)17(18)12-22-23-20(21)25/h2-12H,1H3,(H3,21,23,25). The third kappa shape index (κ3) is 3.87. The molecule has 0 fully saturated rings. The number of urea groups is 1. The van der Waals surface area contributed by atoms with Gasteiger partial charge in [-0.2, -0.15) is 5.10 Å². The minimum Gasteiger partial charge on any atom is -0.422 e. The molecular formula is C20H17N3O3. The third-order valence-electron chi connectivity index (χ3n) is 3.79. The van der Waals surface area contributed by atoms with Gasteiger partial charge in [-0.05, 0) is 35.9 Å². The molecule has 0 aromatic heterocycles. The van der Waals surface area contributed by atoms with Crippen molar-refractivity contribution in [2.45, 2.75) is 6.92 Å². The normalized spacial score (nSPS) is 10.8. The molecule has 26 heavy (non-hydrogen) atoms. The van der Waals surface area contributed by atoms with E-state index in [1.807, 2.05) is 49.4 Å². The van der Waals surface area contributed by atoms with Crippen LogP contribution in [0.2, 0.25) is 0 Å². The summed E-state index contributed by atoms with van der Waals surface area (Å²) >= 11 is 0. The largest absolute Gasteiger partial charge is 0.422 e. The van der Waals surface area contributed by atoms with Gasteiger partial charge in [-0.1, -0.05) is 48.0 Å². The second-order valence-corrected chi connectivity index (χ2v) is 5.69. The van der Waals surface area contributed by atoms with Gasteiger partial charge in [0.1, 0.15) is 5.75 Å². The van der Waals surface area contributed by atoms with Crippen molar-refractivity contribution < 1.29 is 14.3 Å². The van der Waals surface area contributed by atoms with Gasteiger partial charge in [-0.25, -0.2) is 15.0 Å². The van der Waals surface area contributed by atoms with Crippen molar-refractivity contribution in [1.29, 1.82) is 0 Å². The molecule has 0 aliphatic rings. The SMILES string of the molecule is Cc1ccc(C(=O)Oc2ccc3ccccc3c2C=NNC(N)=O)cc1. The van der Waals surface area contributed by atoms with Crippen LogP contribution in [0.3, 0.4) is 0 Å². The Bertz CT molecular complexity index is 995. The zero-order valence-electron chi connectivity index (χ0n) is 14.1. The molecule has 3 rings (SSSR count). The van der Waals surface area contributed by atoms with Crippen LogP contribution in [0.15, 0.2) is 65.8 Å². The Labute approximate surface area is 150 Å². The summed E-state index contributed by atoms with van der Waals surface area (Å²) in [4.78, 5) is 23.3. The summed E-state index contributed by atoms with van der Waals surface area (Å²) in [5, 5.41) is 5.58. The number of rotatable bonds is 4. The molecule has 130 valence electrons. The van der Waals surface area contributed by atoms with Crippen LogP contribution in [0, 0.1) is 6.92 Å². The Morgan fingerprint density at radius 2 is 1.77 bits per heavy atom. The monoisotopic (exact) mass is 347 g/mol. The molecule has 0 saturated carbocycles. The summed E-state index contributed by atoms with van der Waals surface area (Å²) < 4.78 is 5.56. The first-order chi connectivity index (χ1) is 12.5. The number of ether oxygens (including phenoxy) is 1. The topological polar surface area (TPSA) is 93.8 Å². The molecule has 2 amide bonds. The highest BCUT2D eigenvalue weighted by atomic mass is 16.5. The number of hydrazone groups is 1. The summed E-state index contributed by atoms with van der Waals surface area (Å²) in [7, 11) is 0. The van der Waals surface area contributed by atoms with Crippen LogP contribution in [0.4, 0.5) is 4.79 Å². The lowest BCUT2D eigenvalue weighted by Crippen LogP contribution is -2.24. The summed E-state index contributed by atoms with van der Waals surface area (Å²) in [5.74, 6) is -0.137. The van der Waals surface area contributed by atoms with Crippen molar-refractivity contribution >= 4 is 29.0 Å². The molecule has 0 heterocycles. The predicted octanol–water partition coefficient (Wildman–Crippen LogP) is 3.37. The summed E-state index contributed by atoms with van der Waals surface area (Å²) in [6, 6.07) is 17.5.